The Labute approximate surface area is 182 Å². The van der Waals surface area contributed by atoms with Crippen molar-refractivity contribution in [2.75, 3.05) is 19.8 Å². The molecule has 0 radical (unpaired) electrons. The fourth-order valence-corrected chi connectivity index (χ4v) is 4.18. The Bertz CT molecular complexity index is 1020. The summed E-state index contributed by atoms with van der Waals surface area (Å²) in [5.41, 5.74) is 4.21. The van der Waals surface area contributed by atoms with E-state index in [1.54, 1.807) is 0 Å². The molecule has 0 bridgehead atoms. The molecule has 0 aliphatic carbocycles. The van der Waals surface area contributed by atoms with E-state index in [9.17, 15) is 4.79 Å². The van der Waals surface area contributed by atoms with Crippen molar-refractivity contribution in [2.24, 2.45) is 0 Å². The predicted molar refractivity (Wildman–Crippen MR) is 119 cm³/mol. The highest BCUT2D eigenvalue weighted by Gasteiger charge is 2.32. The van der Waals surface area contributed by atoms with E-state index in [1.165, 1.54) is 0 Å². The molecule has 2 aromatic carbocycles. The van der Waals surface area contributed by atoms with Gasteiger partial charge in [-0.05, 0) is 54.8 Å². The fourth-order valence-electron chi connectivity index (χ4n) is 3.98. The predicted octanol–water partition coefficient (Wildman–Crippen LogP) is 5.17. The topological polar surface area (TPSA) is 46.5 Å². The molecular formula is C24H26ClN3O2. The number of amides is 2. The lowest BCUT2D eigenvalue weighted by atomic mass is 10.0. The lowest BCUT2D eigenvalue weighted by molar-refractivity contribution is 0.143. The molecule has 1 aliphatic rings. The van der Waals surface area contributed by atoms with E-state index in [0.29, 0.717) is 31.3 Å². The van der Waals surface area contributed by atoms with Crippen molar-refractivity contribution in [2.45, 2.75) is 25.9 Å². The average Bonchev–Trinajstić information content (AvgIpc) is 3.17. The Balaban J connectivity index is 1.71. The molecule has 1 aromatic heterocycles. The van der Waals surface area contributed by atoms with Gasteiger partial charge in [-0.1, -0.05) is 41.9 Å². The van der Waals surface area contributed by atoms with Crippen LogP contribution in [-0.2, 0) is 11.3 Å². The lowest BCUT2D eigenvalue weighted by Gasteiger charge is -2.31. The molecule has 4 rings (SSSR count). The minimum absolute atomic E-state index is 0.0964. The van der Waals surface area contributed by atoms with Crippen LogP contribution in [0.1, 0.15) is 36.2 Å². The van der Waals surface area contributed by atoms with Crippen LogP contribution in [0.2, 0.25) is 5.02 Å². The molecule has 3 aromatic rings. The monoisotopic (exact) mass is 423 g/mol. The van der Waals surface area contributed by atoms with Gasteiger partial charge in [0, 0.05) is 36.7 Å². The van der Waals surface area contributed by atoms with Crippen LogP contribution in [0.3, 0.4) is 0 Å². The lowest BCUT2D eigenvalue weighted by Crippen LogP contribution is -2.42. The number of urea groups is 1. The molecule has 156 valence electrons. The maximum atomic E-state index is 13.3. The zero-order valence-electron chi connectivity index (χ0n) is 17.1. The number of ether oxygens (including phenoxy) is 1. The first-order valence-corrected chi connectivity index (χ1v) is 10.7. The number of aromatic nitrogens is 1. The highest BCUT2D eigenvalue weighted by atomic mass is 35.5. The summed E-state index contributed by atoms with van der Waals surface area (Å²) >= 11 is 6.31. The minimum Gasteiger partial charge on any atom is -0.382 e. The van der Waals surface area contributed by atoms with Crippen molar-refractivity contribution in [1.82, 2.24) is 14.8 Å². The van der Waals surface area contributed by atoms with Gasteiger partial charge in [-0.2, -0.15) is 0 Å². The van der Waals surface area contributed by atoms with E-state index in [2.05, 4.69) is 34.3 Å². The number of rotatable bonds is 6. The van der Waals surface area contributed by atoms with Gasteiger partial charge in [0.15, 0.2) is 0 Å². The van der Waals surface area contributed by atoms with Crippen LogP contribution in [0.4, 0.5) is 4.79 Å². The summed E-state index contributed by atoms with van der Waals surface area (Å²) in [5.74, 6) is 0. The smallest absolute Gasteiger partial charge is 0.318 e. The average molecular weight is 424 g/mol. The molecule has 30 heavy (non-hydrogen) atoms. The summed E-state index contributed by atoms with van der Waals surface area (Å²) in [6.07, 6.45) is 2.83. The van der Waals surface area contributed by atoms with Crippen LogP contribution in [0.25, 0.3) is 5.69 Å². The molecule has 5 nitrogen and oxygen atoms in total. The SMILES string of the molecule is CCOCCCNC(=O)N1Cc2ccccc2-n2cccc2[C@H]1c1cccc(Cl)c1. The second-order valence-electron chi connectivity index (χ2n) is 7.30. The van der Waals surface area contributed by atoms with Crippen LogP contribution in [0, 0.1) is 0 Å². The third kappa shape index (κ3) is 4.23. The second kappa shape index (κ2) is 9.37. The van der Waals surface area contributed by atoms with E-state index in [-0.39, 0.29) is 12.1 Å². The number of hydrogen-bond acceptors (Lipinski definition) is 2. The summed E-state index contributed by atoms with van der Waals surface area (Å²) in [6, 6.07) is 19.7. The van der Waals surface area contributed by atoms with Gasteiger partial charge in [0.1, 0.15) is 0 Å². The number of nitrogens with zero attached hydrogens (tertiary/aromatic N) is 2. The third-order valence-electron chi connectivity index (χ3n) is 5.34. The van der Waals surface area contributed by atoms with Crippen molar-refractivity contribution in [3.05, 3.63) is 88.7 Å². The number of nitrogens with one attached hydrogen (secondary N) is 1. The van der Waals surface area contributed by atoms with Crippen LogP contribution < -0.4 is 5.32 Å². The van der Waals surface area contributed by atoms with Gasteiger partial charge in [-0.15, -0.1) is 0 Å². The Morgan fingerprint density at radius 1 is 1.17 bits per heavy atom. The summed E-state index contributed by atoms with van der Waals surface area (Å²) in [5, 5.41) is 3.73. The van der Waals surface area contributed by atoms with Gasteiger partial charge in [0.25, 0.3) is 0 Å². The number of carbonyl (C=O) groups excluding carboxylic acids is 1. The molecular weight excluding hydrogens is 398 g/mol. The molecule has 2 heterocycles. The largest absolute Gasteiger partial charge is 0.382 e. The van der Waals surface area contributed by atoms with Crippen molar-refractivity contribution in [1.29, 1.82) is 0 Å². The van der Waals surface area contributed by atoms with Gasteiger partial charge < -0.3 is 19.5 Å². The fraction of sp³-hybridized carbons (Fsp3) is 0.292. The number of halogens is 1. The Hall–Kier alpha value is -2.76. The summed E-state index contributed by atoms with van der Waals surface area (Å²) in [6.45, 7) is 4.37. The van der Waals surface area contributed by atoms with Crippen LogP contribution in [-0.4, -0.2) is 35.3 Å². The molecule has 1 atom stereocenters. The van der Waals surface area contributed by atoms with E-state index in [1.807, 2.05) is 54.3 Å². The zero-order valence-corrected chi connectivity index (χ0v) is 17.8. The molecule has 0 spiro atoms. The maximum absolute atomic E-state index is 13.3. The van der Waals surface area contributed by atoms with E-state index >= 15 is 0 Å². The zero-order chi connectivity index (χ0) is 20.9. The van der Waals surface area contributed by atoms with Crippen molar-refractivity contribution in [3.63, 3.8) is 0 Å². The van der Waals surface area contributed by atoms with Crippen molar-refractivity contribution in [3.8, 4) is 5.69 Å². The molecule has 0 unspecified atom stereocenters. The quantitative estimate of drug-likeness (QED) is 0.556. The molecule has 1 aliphatic heterocycles. The highest BCUT2D eigenvalue weighted by Crippen LogP contribution is 2.37. The van der Waals surface area contributed by atoms with Gasteiger partial charge in [0.05, 0.1) is 18.3 Å². The van der Waals surface area contributed by atoms with Crippen LogP contribution in [0.5, 0.6) is 0 Å². The normalized spacial score (nSPS) is 15.3. The van der Waals surface area contributed by atoms with Gasteiger partial charge in [0.2, 0.25) is 0 Å². The maximum Gasteiger partial charge on any atom is 0.318 e. The van der Waals surface area contributed by atoms with E-state index in [0.717, 1.165) is 28.9 Å². The third-order valence-corrected chi connectivity index (χ3v) is 5.57. The number of hydrogen-bond donors (Lipinski definition) is 1. The summed E-state index contributed by atoms with van der Waals surface area (Å²) < 4.78 is 7.55. The van der Waals surface area contributed by atoms with Gasteiger partial charge in [-0.25, -0.2) is 4.79 Å². The van der Waals surface area contributed by atoms with Crippen LogP contribution in [0.15, 0.2) is 66.9 Å². The first-order chi connectivity index (χ1) is 14.7. The number of carbonyl (C=O) groups is 1. The van der Waals surface area contributed by atoms with Crippen molar-refractivity contribution < 1.29 is 9.53 Å². The summed E-state index contributed by atoms with van der Waals surface area (Å²) in [7, 11) is 0. The first kappa shape index (κ1) is 20.5. The standard InChI is InChI=1S/C24H26ClN3O2/c1-2-30-15-7-13-26-24(29)28-17-19-8-3-4-11-21(19)27-14-6-12-22(27)23(28)18-9-5-10-20(25)16-18/h3-6,8-12,14,16,23H,2,7,13,15,17H2,1H3,(H,26,29)/t23-/m1/s1. The molecule has 2 amide bonds. The number of benzene rings is 2. The van der Waals surface area contributed by atoms with Gasteiger partial charge in [-0.3, -0.25) is 0 Å². The van der Waals surface area contributed by atoms with Crippen molar-refractivity contribution >= 4 is 17.6 Å². The van der Waals surface area contributed by atoms with Crippen LogP contribution >= 0.6 is 11.6 Å². The number of para-hydroxylation sites is 1. The molecule has 0 fully saturated rings. The first-order valence-electron chi connectivity index (χ1n) is 10.3. The Morgan fingerprint density at radius 3 is 2.87 bits per heavy atom. The van der Waals surface area contributed by atoms with Gasteiger partial charge >= 0.3 is 6.03 Å². The highest BCUT2D eigenvalue weighted by molar-refractivity contribution is 6.30. The molecule has 6 heteroatoms. The molecule has 0 saturated heterocycles. The van der Waals surface area contributed by atoms with E-state index < -0.39 is 0 Å². The van der Waals surface area contributed by atoms with E-state index in [4.69, 9.17) is 16.3 Å². The Morgan fingerprint density at radius 2 is 2.03 bits per heavy atom. The minimum atomic E-state index is -0.252. The Kier molecular flexibility index (Phi) is 6.41. The molecule has 0 saturated carbocycles. The molecule has 1 N–H and O–H groups in total. The number of fused-ring (bicyclic) bond motifs is 3. The second-order valence-corrected chi connectivity index (χ2v) is 7.74. The summed E-state index contributed by atoms with van der Waals surface area (Å²) in [4.78, 5) is 15.2.